The van der Waals surface area contributed by atoms with Gasteiger partial charge in [-0.05, 0) is 49.7 Å². The first-order valence-corrected chi connectivity index (χ1v) is 11.3. The Hall–Kier alpha value is -2.97. The van der Waals surface area contributed by atoms with Gasteiger partial charge in [-0.2, -0.15) is 0 Å². The Bertz CT molecular complexity index is 1120. The molecule has 1 saturated heterocycles. The highest BCUT2D eigenvalue weighted by atomic mass is 32.2. The first-order chi connectivity index (χ1) is 14.4. The fourth-order valence-electron chi connectivity index (χ4n) is 3.46. The van der Waals surface area contributed by atoms with Crippen molar-refractivity contribution in [2.24, 2.45) is 0 Å². The number of hydrogen-bond donors (Lipinski definition) is 1. The summed E-state index contributed by atoms with van der Waals surface area (Å²) in [5.74, 6) is 0.833. The highest BCUT2D eigenvalue weighted by molar-refractivity contribution is 7.92. The maximum absolute atomic E-state index is 12.7. The Morgan fingerprint density at radius 2 is 1.67 bits per heavy atom. The van der Waals surface area contributed by atoms with E-state index in [1.54, 1.807) is 31.2 Å². The van der Waals surface area contributed by atoms with Gasteiger partial charge in [-0.3, -0.25) is 4.72 Å². The molecule has 0 atom stereocenters. The first kappa shape index (κ1) is 20.3. The Morgan fingerprint density at radius 1 is 0.933 bits per heavy atom. The van der Waals surface area contributed by atoms with E-state index in [1.807, 2.05) is 37.3 Å². The van der Waals surface area contributed by atoms with Gasteiger partial charge in [0, 0.05) is 24.3 Å². The van der Waals surface area contributed by atoms with Gasteiger partial charge in [0.2, 0.25) is 0 Å². The van der Waals surface area contributed by atoms with Gasteiger partial charge in [-0.25, -0.2) is 8.42 Å². The van der Waals surface area contributed by atoms with E-state index in [4.69, 9.17) is 4.74 Å². The highest BCUT2D eigenvalue weighted by Gasteiger charge is 2.17. The number of aryl methyl sites for hydroxylation is 2. The van der Waals surface area contributed by atoms with Gasteiger partial charge >= 0.3 is 0 Å². The van der Waals surface area contributed by atoms with Crippen LogP contribution in [0.15, 0.2) is 59.5 Å². The first-order valence-electron chi connectivity index (χ1n) is 9.79. The summed E-state index contributed by atoms with van der Waals surface area (Å²) in [6.07, 6.45) is 0. The van der Waals surface area contributed by atoms with E-state index < -0.39 is 10.0 Å². The molecule has 7 nitrogen and oxygen atoms in total. The number of anilines is 2. The summed E-state index contributed by atoms with van der Waals surface area (Å²) in [4.78, 5) is 2.42. The fraction of sp³-hybridized carbons (Fsp3) is 0.273. The van der Waals surface area contributed by atoms with E-state index in [2.05, 4.69) is 19.8 Å². The molecule has 1 fully saturated rings. The Labute approximate surface area is 176 Å². The van der Waals surface area contributed by atoms with E-state index in [0.29, 0.717) is 18.9 Å². The van der Waals surface area contributed by atoms with Crippen LogP contribution in [-0.2, 0) is 14.8 Å². The van der Waals surface area contributed by atoms with Crippen LogP contribution in [0.1, 0.15) is 11.1 Å². The lowest BCUT2D eigenvalue weighted by Gasteiger charge is -2.27. The van der Waals surface area contributed by atoms with Gasteiger partial charge in [0.05, 0.1) is 23.8 Å². The zero-order valence-electron chi connectivity index (χ0n) is 17.0. The number of aromatic nitrogens is 2. The summed E-state index contributed by atoms with van der Waals surface area (Å²) in [7, 11) is -3.65. The third-order valence-corrected chi connectivity index (χ3v) is 6.58. The normalized spacial score (nSPS) is 14.5. The minimum atomic E-state index is -3.65. The molecule has 0 amide bonds. The average molecular weight is 425 g/mol. The molecule has 0 bridgehead atoms. The molecule has 2 heterocycles. The lowest BCUT2D eigenvalue weighted by atomic mass is 10.1. The third kappa shape index (κ3) is 4.44. The second-order valence-electron chi connectivity index (χ2n) is 7.33. The van der Waals surface area contributed by atoms with E-state index in [0.717, 1.165) is 41.3 Å². The van der Waals surface area contributed by atoms with Gasteiger partial charge in [-0.15, -0.1) is 10.2 Å². The summed E-state index contributed by atoms with van der Waals surface area (Å²) in [6, 6.07) is 16.3. The minimum Gasteiger partial charge on any atom is -0.378 e. The molecule has 0 radical (unpaired) electrons. The fourth-order valence-corrected chi connectivity index (χ4v) is 4.75. The minimum absolute atomic E-state index is 0.279. The van der Waals surface area contributed by atoms with Gasteiger partial charge < -0.3 is 9.64 Å². The molecule has 156 valence electrons. The summed E-state index contributed by atoms with van der Waals surface area (Å²) in [5, 5.41) is 8.65. The van der Waals surface area contributed by atoms with E-state index >= 15 is 0 Å². The van der Waals surface area contributed by atoms with Crippen molar-refractivity contribution in [1.82, 2.24) is 10.2 Å². The number of ether oxygens (including phenoxy) is 1. The monoisotopic (exact) mass is 424 g/mol. The molecule has 2 aromatic carbocycles. The van der Waals surface area contributed by atoms with Crippen LogP contribution >= 0.6 is 0 Å². The molecule has 3 aromatic rings. The lowest BCUT2D eigenvalue weighted by molar-refractivity contribution is 0.122. The second-order valence-corrected chi connectivity index (χ2v) is 8.98. The van der Waals surface area contributed by atoms with Gasteiger partial charge in [0.25, 0.3) is 10.0 Å². The van der Waals surface area contributed by atoms with Crippen molar-refractivity contribution in [2.75, 3.05) is 35.9 Å². The summed E-state index contributed by atoms with van der Waals surface area (Å²) >= 11 is 0. The SMILES string of the molecule is Cc1ccc(S(=O)(=O)Nc2ccc(-c3ccc(N4CCOCC4)nn3)cc2)c(C)c1. The van der Waals surface area contributed by atoms with Crippen LogP contribution in [0.2, 0.25) is 0 Å². The van der Waals surface area contributed by atoms with Crippen molar-refractivity contribution < 1.29 is 13.2 Å². The summed E-state index contributed by atoms with van der Waals surface area (Å²) < 4.78 is 33.5. The molecule has 0 saturated carbocycles. The molecule has 0 unspecified atom stereocenters. The lowest BCUT2D eigenvalue weighted by Crippen LogP contribution is -2.36. The number of morpholine rings is 1. The van der Waals surface area contributed by atoms with Crippen LogP contribution in [0, 0.1) is 13.8 Å². The van der Waals surface area contributed by atoms with Crippen LogP contribution in [0.3, 0.4) is 0 Å². The maximum Gasteiger partial charge on any atom is 0.262 e. The zero-order chi connectivity index (χ0) is 21.1. The van der Waals surface area contributed by atoms with Crippen molar-refractivity contribution in [3.63, 3.8) is 0 Å². The predicted octanol–water partition coefficient (Wildman–Crippen LogP) is 3.40. The molecule has 0 aliphatic carbocycles. The number of benzene rings is 2. The molecule has 1 N–H and O–H groups in total. The van der Waals surface area contributed by atoms with Crippen LogP contribution in [0.4, 0.5) is 11.5 Å². The van der Waals surface area contributed by atoms with Crippen molar-refractivity contribution in [2.45, 2.75) is 18.7 Å². The van der Waals surface area contributed by atoms with Gasteiger partial charge in [0.1, 0.15) is 0 Å². The topological polar surface area (TPSA) is 84.4 Å². The number of nitrogens with one attached hydrogen (secondary N) is 1. The summed E-state index contributed by atoms with van der Waals surface area (Å²) in [5.41, 5.74) is 3.84. The van der Waals surface area contributed by atoms with E-state index in [1.165, 1.54) is 0 Å². The maximum atomic E-state index is 12.7. The standard InChI is InChI=1S/C22H24N4O3S/c1-16-3-9-21(17(2)15-16)30(27,28)25-19-6-4-18(5-7-19)20-8-10-22(24-23-20)26-11-13-29-14-12-26/h3-10,15,25H,11-14H2,1-2H3. The van der Waals surface area contributed by atoms with E-state index in [-0.39, 0.29) is 4.90 Å². The molecule has 1 aliphatic rings. The van der Waals surface area contributed by atoms with Crippen LogP contribution in [0.5, 0.6) is 0 Å². The molecule has 4 rings (SSSR count). The van der Waals surface area contributed by atoms with Gasteiger partial charge in [0.15, 0.2) is 5.82 Å². The van der Waals surface area contributed by atoms with Crippen molar-refractivity contribution in [3.8, 4) is 11.3 Å². The second kappa shape index (κ2) is 8.41. The van der Waals surface area contributed by atoms with Crippen molar-refractivity contribution >= 4 is 21.5 Å². The van der Waals surface area contributed by atoms with Crippen LogP contribution in [0.25, 0.3) is 11.3 Å². The molecule has 30 heavy (non-hydrogen) atoms. The molecule has 0 spiro atoms. The van der Waals surface area contributed by atoms with Crippen LogP contribution in [-0.4, -0.2) is 44.9 Å². The predicted molar refractivity (Wildman–Crippen MR) is 117 cm³/mol. The molecule has 1 aliphatic heterocycles. The Morgan fingerprint density at radius 3 is 2.30 bits per heavy atom. The molecule has 1 aromatic heterocycles. The summed E-state index contributed by atoms with van der Waals surface area (Å²) in [6.45, 7) is 6.74. The zero-order valence-corrected chi connectivity index (χ0v) is 17.8. The number of hydrogen-bond acceptors (Lipinski definition) is 6. The van der Waals surface area contributed by atoms with Crippen molar-refractivity contribution in [1.29, 1.82) is 0 Å². The van der Waals surface area contributed by atoms with Gasteiger partial charge in [-0.1, -0.05) is 29.8 Å². The Kier molecular flexibility index (Phi) is 5.69. The van der Waals surface area contributed by atoms with Crippen LogP contribution < -0.4 is 9.62 Å². The molecular weight excluding hydrogens is 400 g/mol. The number of sulfonamides is 1. The molecular formula is C22H24N4O3S. The quantitative estimate of drug-likeness (QED) is 0.676. The van der Waals surface area contributed by atoms with Crippen molar-refractivity contribution in [3.05, 3.63) is 65.7 Å². The smallest absolute Gasteiger partial charge is 0.262 e. The Balaban J connectivity index is 1.48. The number of rotatable bonds is 5. The van der Waals surface area contributed by atoms with E-state index in [9.17, 15) is 8.42 Å². The highest BCUT2D eigenvalue weighted by Crippen LogP contribution is 2.24. The average Bonchev–Trinajstić information content (AvgIpc) is 2.74. The number of nitrogens with zero attached hydrogens (tertiary/aromatic N) is 3. The molecule has 8 heteroatoms. The third-order valence-electron chi connectivity index (χ3n) is 5.04. The largest absolute Gasteiger partial charge is 0.378 e.